The Hall–Kier alpha value is 0.270. The van der Waals surface area contributed by atoms with Crippen LogP contribution in [-0.2, 0) is 0 Å². The number of rotatable bonds is 6. The Morgan fingerprint density at radius 1 is 1.50 bits per heavy atom. The monoisotopic (exact) mass is 216 g/mol. The third-order valence-corrected chi connectivity index (χ3v) is 3.58. The Balaban J connectivity index is 2.22. The lowest BCUT2D eigenvalue weighted by Crippen LogP contribution is -2.51. The van der Waals surface area contributed by atoms with Crippen LogP contribution in [0.1, 0.15) is 26.2 Å². The zero-order valence-electron chi connectivity index (χ0n) is 9.59. The molecule has 1 N–H and O–H groups in total. The van der Waals surface area contributed by atoms with E-state index in [4.69, 9.17) is 0 Å². The fourth-order valence-electron chi connectivity index (χ4n) is 2.13. The van der Waals surface area contributed by atoms with E-state index in [9.17, 15) is 0 Å². The highest BCUT2D eigenvalue weighted by Crippen LogP contribution is 2.10. The van der Waals surface area contributed by atoms with Crippen molar-refractivity contribution in [1.82, 2.24) is 10.2 Å². The first kappa shape index (κ1) is 12.3. The molecular weight excluding hydrogens is 192 g/mol. The molecule has 1 atom stereocenters. The van der Waals surface area contributed by atoms with Crippen molar-refractivity contribution < 1.29 is 0 Å². The molecule has 0 radical (unpaired) electrons. The summed E-state index contributed by atoms with van der Waals surface area (Å²) in [6, 6.07) is 0.801. The zero-order chi connectivity index (χ0) is 10.2. The Morgan fingerprint density at radius 2 is 2.36 bits per heavy atom. The van der Waals surface area contributed by atoms with Gasteiger partial charge < -0.3 is 5.32 Å². The summed E-state index contributed by atoms with van der Waals surface area (Å²) in [4.78, 5) is 2.68. The fraction of sp³-hybridized carbons (Fsp3) is 1.00. The SMILES string of the molecule is CCCC1CNCCN1CCCSC. The summed E-state index contributed by atoms with van der Waals surface area (Å²) in [5.41, 5.74) is 0. The van der Waals surface area contributed by atoms with E-state index in [1.165, 1.54) is 51.2 Å². The third-order valence-electron chi connectivity index (χ3n) is 2.89. The average molecular weight is 216 g/mol. The molecule has 0 aromatic carbocycles. The summed E-state index contributed by atoms with van der Waals surface area (Å²) in [5.74, 6) is 1.31. The molecule has 0 aromatic rings. The summed E-state index contributed by atoms with van der Waals surface area (Å²) >= 11 is 1.96. The number of nitrogens with zero attached hydrogens (tertiary/aromatic N) is 1. The van der Waals surface area contributed by atoms with Crippen molar-refractivity contribution >= 4 is 11.8 Å². The van der Waals surface area contributed by atoms with Crippen LogP contribution in [0.2, 0.25) is 0 Å². The number of piperazine rings is 1. The summed E-state index contributed by atoms with van der Waals surface area (Å²) in [6.07, 6.45) is 6.21. The number of nitrogens with one attached hydrogen (secondary N) is 1. The highest BCUT2D eigenvalue weighted by atomic mass is 32.2. The molecule has 3 heteroatoms. The van der Waals surface area contributed by atoms with Crippen LogP contribution >= 0.6 is 11.8 Å². The highest BCUT2D eigenvalue weighted by molar-refractivity contribution is 7.98. The quantitative estimate of drug-likeness (QED) is 0.682. The Morgan fingerprint density at radius 3 is 3.07 bits per heavy atom. The van der Waals surface area contributed by atoms with Gasteiger partial charge in [-0.15, -0.1) is 0 Å². The zero-order valence-corrected chi connectivity index (χ0v) is 10.4. The molecule has 0 aromatic heterocycles. The summed E-state index contributed by atoms with van der Waals surface area (Å²) < 4.78 is 0. The molecule has 0 bridgehead atoms. The number of hydrogen-bond acceptors (Lipinski definition) is 3. The van der Waals surface area contributed by atoms with Crippen molar-refractivity contribution in [3.8, 4) is 0 Å². The lowest BCUT2D eigenvalue weighted by atomic mass is 10.1. The molecule has 14 heavy (non-hydrogen) atoms. The van der Waals surface area contributed by atoms with Gasteiger partial charge in [0.25, 0.3) is 0 Å². The minimum absolute atomic E-state index is 0.801. The molecule has 2 nitrogen and oxygen atoms in total. The first-order valence-corrected chi connectivity index (χ1v) is 7.21. The van der Waals surface area contributed by atoms with Gasteiger partial charge in [-0.05, 0) is 31.4 Å². The van der Waals surface area contributed by atoms with Crippen molar-refractivity contribution in [3.05, 3.63) is 0 Å². The van der Waals surface area contributed by atoms with Gasteiger partial charge in [-0.3, -0.25) is 4.90 Å². The van der Waals surface area contributed by atoms with Crippen molar-refractivity contribution in [2.45, 2.75) is 32.2 Å². The van der Waals surface area contributed by atoms with Crippen molar-refractivity contribution in [3.63, 3.8) is 0 Å². The van der Waals surface area contributed by atoms with Crippen LogP contribution in [0, 0.1) is 0 Å². The van der Waals surface area contributed by atoms with Crippen LogP contribution in [0.4, 0.5) is 0 Å². The predicted octanol–water partition coefficient (Wildman–Crippen LogP) is 1.81. The van der Waals surface area contributed by atoms with Gasteiger partial charge in [0.1, 0.15) is 0 Å². The van der Waals surface area contributed by atoms with Gasteiger partial charge in [0.2, 0.25) is 0 Å². The van der Waals surface area contributed by atoms with Crippen molar-refractivity contribution in [2.24, 2.45) is 0 Å². The molecule has 0 saturated carbocycles. The fourth-order valence-corrected chi connectivity index (χ4v) is 2.55. The Kier molecular flexibility index (Phi) is 6.65. The topological polar surface area (TPSA) is 15.3 Å². The normalized spacial score (nSPS) is 24.0. The molecule has 1 fully saturated rings. The second-order valence-corrected chi connectivity index (χ2v) is 5.01. The minimum Gasteiger partial charge on any atom is -0.314 e. The molecule has 1 unspecified atom stereocenters. The molecule has 1 rings (SSSR count). The molecule has 1 saturated heterocycles. The van der Waals surface area contributed by atoms with Crippen LogP contribution < -0.4 is 5.32 Å². The molecule has 1 heterocycles. The van der Waals surface area contributed by atoms with E-state index in [0.29, 0.717) is 0 Å². The van der Waals surface area contributed by atoms with Gasteiger partial charge >= 0.3 is 0 Å². The summed E-state index contributed by atoms with van der Waals surface area (Å²) in [7, 11) is 0. The number of thioether (sulfide) groups is 1. The van der Waals surface area contributed by atoms with Crippen LogP contribution in [0.5, 0.6) is 0 Å². The van der Waals surface area contributed by atoms with E-state index in [-0.39, 0.29) is 0 Å². The minimum atomic E-state index is 0.801. The standard InChI is InChI=1S/C11H24N2S/c1-3-5-11-10-12-6-8-13(11)7-4-9-14-2/h11-12H,3-10H2,1-2H3. The van der Waals surface area contributed by atoms with Gasteiger partial charge in [0.05, 0.1) is 0 Å². The van der Waals surface area contributed by atoms with Gasteiger partial charge in [-0.25, -0.2) is 0 Å². The maximum absolute atomic E-state index is 3.49. The summed E-state index contributed by atoms with van der Waals surface area (Å²) in [5, 5.41) is 3.49. The van der Waals surface area contributed by atoms with E-state index in [0.717, 1.165) is 6.04 Å². The second-order valence-electron chi connectivity index (χ2n) is 4.03. The maximum Gasteiger partial charge on any atom is 0.0221 e. The molecule has 1 aliphatic rings. The highest BCUT2D eigenvalue weighted by Gasteiger charge is 2.20. The molecule has 0 aliphatic carbocycles. The Bertz CT molecular complexity index is 139. The van der Waals surface area contributed by atoms with E-state index in [1.807, 2.05) is 11.8 Å². The van der Waals surface area contributed by atoms with Crippen LogP contribution in [0.3, 0.4) is 0 Å². The molecule has 0 amide bonds. The molecule has 1 aliphatic heterocycles. The summed E-state index contributed by atoms with van der Waals surface area (Å²) in [6.45, 7) is 7.22. The predicted molar refractivity (Wildman–Crippen MR) is 66.1 cm³/mol. The first-order valence-electron chi connectivity index (χ1n) is 5.82. The van der Waals surface area contributed by atoms with Gasteiger partial charge in [-0.1, -0.05) is 13.3 Å². The molecule has 0 spiro atoms. The van der Waals surface area contributed by atoms with E-state index in [1.54, 1.807) is 0 Å². The smallest absolute Gasteiger partial charge is 0.0221 e. The van der Waals surface area contributed by atoms with Crippen LogP contribution in [-0.4, -0.2) is 49.1 Å². The third kappa shape index (κ3) is 4.20. The van der Waals surface area contributed by atoms with Crippen molar-refractivity contribution in [2.75, 3.05) is 38.2 Å². The lowest BCUT2D eigenvalue weighted by Gasteiger charge is -2.36. The average Bonchev–Trinajstić information content (AvgIpc) is 2.21. The molecular formula is C11H24N2S. The molecule has 84 valence electrons. The Labute approximate surface area is 92.8 Å². The van der Waals surface area contributed by atoms with Gasteiger partial charge in [0.15, 0.2) is 0 Å². The number of hydrogen-bond donors (Lipinski definition) is 1. The van der Waals surface area contributed by atoms with E-state index >= 15 is 0 Å². The van der Waals surface area contributed by atoms with E-state index in [2.05, 4.69) is 23.4 Å². The lowest BCUT2D eigenvalue weighted by molar-refractivity contribution is 0.153. The maximum atomic E-state index is 3.49. The first-order chi connectivity index (χ1) is 6.88. The largest absolute Gasteiger partial charge is 0.314 e. The van der Waals surface area contributed by atoms with Crippen molar-refractivity contribution in [1.29, 1.82) is 0 Å². The second kappa shape index (κ2) is 7.55. The van der Waals surface area contributed by atoms with Crippen LogP contribution in [0.15, 0.2) is 0 Å². The van der Waals surface area contributed by atoms with Gasteiger partial charge in [0, 0.05) is 25.7 Å². The van der Waals surface area contributed by atoms with Crippen LogP contribution in [0.25, 0.3) is 0 Å². The van der Waals surface area contributed by atoms with Gasteiger partial charge in [-0.2, -0.15) is 11.8 Å². The van der Waals surface area contributed by atoms with E-state index < -0.39 is 0 Å².